The molecule has 0 rings (SSSR count). The molecule has 0 bridgehead atoms. The maximum Gasteiger partial charge on any atom is 0.364 e. The minimum Gasteiger partial charge on any atom is -0.462 e. The molecule has 66 valence electrons. The highest BCUT2D eigenvalue weighted by atomic mass is 32.2. The second-order valence-electron chi connectivity index (χ2n) is 2.23. The Hall–Kier alpha value is -0.220. The van der Waals surface area contributed by atoms with Crippen molar-refractivity contribution in [2.45, 2.75) is 19.4 Å². The predicted molar refractivity (Wildman–Crippen MR) is 46.3 cm³/mol. The van der Waals surface area contributed by atoms with Crippen molar-refractivity contribution in [2.75, 3.05) is 18.6 Å². The lowest BCUT2D eigenvalue weighted by Crippen LogP contribution is -2.65. The Kier molecular flexibility index (Phi) is 6.36. The van der Waals surface area contributed by atoms with Crippen LogP contribution in [0.15, 0.2) is 0 Å². The third-order valence-corrected chi connectivity index (χ3v) is 1.93. The summed E-state index contributed by atoms with van der Waals surface area (Å²) in [6.45, 7) is 2.25. The van der Waals surface area contributed by atoms with E-state index in [1.807, 2.05) is 6.26 Å². The Balaban J connectivity index is 3.46. The normalized spacial score (nSPS) is 12.6. The second kappa shape index (κ2) is 6.49. The van der Waals surface area contributed by atoms with Crippen LogP contribution in [0.2, 0.25) is 0 Å². The van der Waals surface area contributed by atoms with Crippen LogP contribution in [0.25, 0.3) is 0 Å². The molecule has 0 spiro atoms. The van der Waals surface area contributed by atoms with Gasteiger partial charge in [0.25, 0.3) is 0 Å². The van der Waals surface area contributed by atoms with Gasteiger partial charge in [-0.05, 0) is 18.9 Å². The first-order valence-corrected chi connectivity index (χ1v) is 5.10. The molecule has 0 heterocycles. The number of hydrogen-bond donors (Lipinski definition) is 1. The van der Waals surface area contributed by atoms with Gasteiger partial charge in [-0.25, -0.2) is 4.79 Å². The monoisotopic (exact) mass is 178 g/mol. The van der Waals surface area contributed by atoms with Crippen molar-refractivity contribution in [1.82, 2.24) is 0 Å². The van der Waals surface area contributed by atoms with Gasteiger partial charge in [0.1, 0.15) is 0 Å². The van der Waals surface area contributed by atoms with Gasteiger partial charge in [0.2, 0.25) is 0 Å². The fraction of sp³-hybridized carbons (Fsp3) is 0.857. The Bertz CT molecular complexity index is 119. The highest BCUT2D eigenvalue weighted by Crippen LogP contribution is 1.98. The number of ether oxygens (including phenoxy) is 1. The van der Waals surface area contributed by atoms with Crippen molar-refractivity contribution in [2.24, 2.45) is 0 Å². The van der Waals surface area contributed by atoms with Crippen LogP contribution in [0.5, 0.6) is 0 Å². The summed E-state index contributed by atoms with van der Waals surface area (Å²) in [6, 6.07) is -0.192. The fourth-order valence-corrected chi connectivity index (χ4v) is 1.16. The first kappa shape index (κ1) is 10.8. The van der Waals surface area contributed by atoms with Crippen LogP contribution in [0.3, 0.4) is 0 Å². The van der Waals surface area contributed by atoms with Gasteiger partial charge >= 0.3 is 5.97 Å². The van der Waals surface area contributed by atoms with E-state index in [2.05, 4.69) is 5.73 Å². The van der Waals surface area contributed by atoms with E-state index in [-0.39, 0.29) is 12.0 Å². The van der Waals surface area contributed by atoms with Crippen LogP contribution in [0.4, 0.5) is 0 Å². The van der Waals surface area contributed by atoms with Crippen molar-refractivity contribution in [3.05, 3.63) is 0 Å². The Labute approximate surface area is 71.7 Å². The molecule has 0 fully saturated rings. The lowest BCUT2D eigenvalue weighted by molar-refractivity contribution is -0.408. The van der Waals surface area contributed by atoms with Crippen molar-refractivity contribution >= 4 is 17.7 Å². The summed E-state index contributed by atoms with van der Waals surface area (Å²) in [4.78, 5) is 11.0. The number of carbonyl (C=O) groups excluding carboxylic acids is 1. The van der Waals surface area contributed by atoms with Gasteiger partial charge in [0.15, 0.2) is 6.04 Å². The van der Waals surface area contributed by atoms with Gasteiger partial charge in [0, 0.05) is 6.42 Å². The molecule has 4 heteroatoms. The summed E-state index contributed by atoms with van der Waals surface area (Å²) in [7, 11) is 0. The Morgan fingerprint density at radius 3 is 2.82 bits per heavy atom. The zero-order chi connectivity index (χ0) is 8.69. The highest BCUT2D eigenvalue weighted by Gasteiger charge is 2.16. The maximum absolute atomic E-state index is 11.0. The van der Waals surface area contributed by atoms with E-state index in [1.165, 1.54) is 0 Å². The third kappa shape index (κ3) is 5.09. The highest BCUT2D eigenvalue weighted by molar-refractivity contribution is 7.98. The van der Waals surface area contributed by atoms with Crippen LogP contribution >= 0.6 is 11.8 Å². The van der Waals surface area contributed by atoms with Gasteiger partial charge in [-0.3, -0.25) is 0 Å². The van der Waals surface area contributed by atoms with Crippen LogP contribution in [0, 0.1) is 0 Å². The summed E-state index contributed by atoms with van der Waals surface area (Å²) in [5.74, 6) is 0.786. The topological polar surface area (TPSA) is 53.9 Å². The molecule has 0 aliphatic carbocycles. The molecule has 0 saturated heterocycles. The molecular weight excluding hydrogens is 162 g/mol. The zero-order valence-corrected chi connectivity index (χ0v) is 7.95. The molecule has 0 unspecified atom stereocenters. The first-order valence-electron chi connectivity index (χ1n) is 3.71. The smallest absolute Gasteiger partial charge is 0.364 e. The minimum absolute atomic E-state index is 0.179. The van der Waals surface area contributed by atoms with E-state index in [0.717, 1.165) is 12.2 Å². The number of esters is 1. The molecular formula is C7H16NO2S+. The van der Waals surface area contributed by atoms with E-state index < -0.39 is 0 Å². The fourth-order valence-electron chi connectivity index (χ4n) is 0.638. The average molecular weight is 178 g/mol. The molecule has 0 aromatic rings. The van der Waals surface area contributed by atoms with E-state index in [1.54, 1.807) is 18.7 Å². The van der Waals surface area contributed by atoms with Gasteiger partial charge in [-0.1, -0.05) is 0 Å². The number of quaternary nitrogens is 1. The molecule has 0 radical (unpaired) electrons. The van der Waals surface area contributed by atoms with E-state index >= 15 is 0 Å². The van der Waals surface area contributed by atoms with E-state index in [9.17, 15) is 4.79 Å². The first-order chi connectivity index (χ1) is 5.22. The average Bonchev–Trinajstić information content (AvgIpc) is 2.00. The molecule has 11 heavy (non-hydrogen) atoms. The molecule has 1 atom stereocenters. The summed E-state index contributed by atoms with van der Waals surface area (Å²) in [6.07, 6.45) is 2.82. The molecule has 0 amide bonds. The standard InChI is InChI=1S/C7H15NO2S/c1-3-10-7(9)6(8)4-5-11-2/h6H,3-5,8H2,1-2H3/p+1/t6-/m0/s1. The number of rotatable bonds is 5. The molecule has 3 nitrogen and oxygen atoms in total. The van der Waals surface area contributed by atoms with E-state index in [0.29, 0.717) is 6.61 Å². The molecule has 0 aromatic carbocycles. The van der Waals surface area contributed by atoms with Crippen LogP contribution < -0.4 is 5.73 Å². The largest absolute Gasteiger partial charge is 0.462 e. The lowest BCUT2D eigenvalue weighted by Gasteiger charge is -2.05. The Morgan fingerprint density at radius 2 is 2.36 bits per heavy atom. The number of carbonyl (C=O) groups is 1. The lowest BCUT2D eigenvalue weighted by atomic mass is 10.2. The van der Waals surface area contributed by atoms with Gasteiger partial charge in [-0.2, -0.15) is 11.8 Å². The SMILES string of the molecule is CCOC(=O)[C@@H]([NH3+])CCSC. The minimum atomic E-state index is -0.192. The predicted octanol–water partition coefficient (Wildman–Crippen LogP) is -0.0869. The number of hydrogen-bond acceptors (Lipinski definition) is 3. The number of thioether (sulfide) groups is 1. The third-order valence-electron chi connectivity index (χ3n) is 1.29. The van der Waals surface area contributed by atoms with E-state index in [4.69, 9.17) is 4.74 Å². The van der Waals surface area contributed by atoms with Gasteiger partial charge < -0.3 is 10.5 Å². The van der Waals surface area contributed by atoms with Crippen molar-refractivity contribution in [3.63, 3.8) is 0 Å². The molecule has 0 aromatic heterocycles. The summed E-state index contributed by atoms with van der Waals surface area (Å²) in [5.41, 5.74) is 3.71. The molecule has 0 saturated carbocycles. The second-order valence-corrected chi connectivity index (χ2v) is 3.22. The summed E-state index contributed by atoms with van der Waals surface area (Å²) in [5, 5.41) is 0. The Morgan fingerprint density at radius 1 is 1.73 bits per heavy atom. The van der Waals surface area contributed by atoms with Crippen molar-refractivity contribution < 1.29 is 15.3 Å². The van der Waals surface area contributed by atoms with Gasteiger partial charge in [0.05, 0.1) is 6.61 Å². The van der Waals surface area contributed by atoms with Crippen molar-refractivity contribution in [1.29, 1.82) is 0 Å². The summed E-state index contributed by atoms with van der Waals surface area (Å²) >= 11 is 1.72. The maximum atomic E-state index is 11.0. The van der Waals surface area contributed by atoms with Crippen LogP contribution in [-0.2, 0) is 9.53 Å². The van der Waals surface area contributed by atoms with Crippen LogP contribution in [-0.4, -0.2) is 30.6 Å². The van der Waals surface area contributed by atoms with Crippen LogP contribution in [0.1, 0.15) is 13.3 Å². The molecule has 3 N–H and O–H groups in total. The van der Waals surface area contributed by atoms with Crippen molar-refractivity contribution in [3.8, 4) is 0 Å². The van der Waals surface area contributed by atoms with Gasteiger partial charge in [-0.15, -0.1) is 0 Å². The molecule has 0 aliphatic rings. The zero-order valence-electron chi connectivity index (χ0n) is 7.13. The summed E-state index contributed by atoms with van der Waals surface area (Å²) < 4.78 is 4.79. The molecule has 0 aliphatic heterocycles. The quantitative estimate of drug-likeness (QED) is 0.599.